The van der Waals surface area contributed by atoms with E-state index in [1.54, 1.807) is 12.3 Å². The average molecular weight is 437 g/mol. The number of amides is 1. The van der Waals surface area contributed by atoms with E-state index in [0.29, 0.717) is 11.8 Å². The summed E-state index contributed by atoms with van der Waals surface area (Å²) in [5, 5.41) is 0.634. The van der Waals surface area contributed by atoms with Gasteiger partial charge in [-0.05, 0) is 35.4 Å². The number of nitrogens with one attached hydrogen (secondary N) is 2. The van der Waals surface area contributed by atoms with Crippen molar-refractivity contribution in [3.63, 3.8) is 0 Å². The Morgan fingerprint density at radius 1 is 0.758 bits per heavy atom. The van der Waals surface area contributed by atoms with Gasteiger partial charge in [0.15, 0.2) is 0 Å². The number of aromatic nitrogens is 4. The summed E-state index contributed by atoms with van der Waals surface area (Å²) in [5.74, 6) is -0.0521. The monoisotopic (exact) mass is 437 g/mol. The first-order chi connectivity index (χ1) is 16.1. The number of carbonyl (C=O) groups excluding carboxylic acids is 1. The van der Waals surface area contributed by atoms with Crippen molar-refractivity contribution in [1.82, 2.24) is 19.9 Å². The van der Waals surface area contributed by atoms with Crippen molar-refractivity contribution in [1.29, 1.82) is 0 Å². The van der Waals surface area contributed by atoms with Gasteiger partial charge in [0.25, 0.3) is 11.1 Å². The molecule has 0 atom stereocenters. The minimum absolute atomic E-state index is 0.0521. The molecular formula is C25H19N5O3. The van der Waals surface area contributed by atoms with Crippen molar-refractivity contribution < 1.29 is 4.79 Å². The maximum atomic E-state index is 11.1. The Morgan fingerprint density at radius 2 is 1.48 bits per heavy atom. The molecule has 33 heavy (non-hydrogen) atoms. The Bertz CT molecular complexity index is 1560. The molecule has 1 amide bonds. The Labute approximate surface area is 187 Å². The minimum Gasteiger partial charge on any atom is -0.319 e. The molecule has 3 heterocycles. The van der Waals surface area contributed by atoms with E-state index in [4.69, 9.17) is 0 Å². The molecule has 8 nitrogen and oxygen atoms in total. The van der Waals surface area contributed by atoms with Gasteiger partial charge in [0.05, 0.1) is 40.9 Å². The first kappa shape index (κ1) is 21.5. The van der Waals surface area contributed by atoms with Gasteiger partial charge in [-0.15, -0.1) is 0 Å². The number of aliphatic imine (C=N–C) groups is 1. The molecule has 3 aromatic carbocycles. The van der Waals surface area contributed by atoms with Crippen molar-refractivity contribution in [3.05, 3.63) is 117 Å². The lowest BCUT2D eigenvalue weighted by Crippen LogP contribution is -2.07. The fraction of sp³-hybridized carbons (Fsp3) is 0.0400. The fourth-order valence-electron chi connectivity index (χ4n) is 3.17. The van der Waals surface area contributed by atoms with Gasteiger partial charge in [0, 0.05) is 6.21 Å². The van der Waals surface area contributed by atoms with Gasteiger partial charge in [0.1, 0.15) is 0 Å². The van der Waals surface area contributed by atoms with Gasteiger partial charge in [-0.3, -0.25) is 14.4 Å². The third-order valence-electron chi connectivity index (χ3n) is 4.78. The van der Waals surface area contributed by atoms with E-state index in [2.05, 4.69) is 24.9 Å². The van der Waals surface area contributed by atoms with Crippen molar-refractivity contribution in [2.45, 2.75) is 6.42 Å². The van der Waals surface area contributed by atoms with Crippen LogP contribution in [0, 0.1) is 0 Å². The van der Waals surface area contributed by atoms with Crippen molar-refractivity contribution in [2.24, 2.45) is 4.99 Å². The first-order valence-corrected chi connectivity index (χ1v) is 10.1. The summed E-state index contributed by atoms with van der Waals surface area (Å²) >= 11 is 0. The lowest BCUT2D eigenvalue weighted by Gasteiger charge is -2.06. The number of aromatic amines is 2. The number of benzene rings is 3. The van der Waals surface area contributed by atoms with Crippen LogP contribution >= 0.6 is 0 Å². The van der Waals surface area contributed by atoms with Gasteiger partial charge in [-0.1, -0.05) is 48.5 Å². The van der Waals surface area contributed by atoms with E-state index in [1.165, 1.54) is 12.5 Å². The van der Waals surface area contributed by atoms with Gasteiger partial charge in [0.2, 0.25) is 5.91 Å². The second-order valence-electron chi connectivity index (χ2n) is 7.04. The summed E-state index contributed by atoms with van der Waals surface area (Å²) in [5.41, 5.74) is 4.21. The van der Waals surface area contributed by atoms with Crippen LogP contribution in [0.15, 0.2) is 99.9 Å². The summed E-state index contributed by atoms with van der Waals surface area (Å²) in [6, 6.07) is 22.5. The highest BCUT2D eigenvalue weighted by molar-refractivity contribution is 5.98. The molecule has 0 radical (unpaired) electrons. The lowest BCUT2D eigenvalue weighted by molar-refractivity contribution is -0.117. The molecular weight excluding hydrogens is 418 g/mol. The molecule has 1 aliphatic heterocycles. The third-order valence-corrected chi connectivity index (χ3v) is 4.78. The predicted octanol–water partition coefficient (Wildman–Crippen LogP) is 3.03. The maximum Gasteiger partial charge on any atom is 0.266 e. The Balaban J connectivity index is 0.000000118. The van der Waals surface area contributed by atoms with E-state index in [-0.39, 0.29) is 17.0 Å². The van der Waals surface area contributed by atoms with Crippen LogP contribution < -0.4 is 11.1 Å². The predicted molar refractivity (Wildman–Crippen MR) is 127 cm³/mol. The average Bonchev–Trinajstić information content (AvgIpc) is 2.85. The van der Waals surface area contributed by atoms with Crippen LogP contribution in [0.3, 0.4) is 0 Å². The summed E-state index contributed by atoms with van der Waals surface area (Å²) in [4.78, 5) is 49.5. The van der Waals surface area contributed by atoms with E-state index in [1.807, 2.05) is 66.7 Å². The van der Waals surface area contributed by atoms with Crippen LogP contribution in [0.2, 0.25) is 0 Å². The zero-order valence-corrected chi connectivity index (χ0v) is 17.4. The second-order valence-corrected chi connectivity index (χ2v) is 7.04. The topological polar surface area (TPSA) is 121 Å². The van der Waals surface area contributed by atoms with Gasteiger partial charge < -0.3 is 9.97 Å². The highest BCUT2D eigenvalue weighted by atomic mass is 16.1. The zero-order chi connectivity index (χ0) is 23.0. The number of H-pyrrole nitrogens is 2. The molecule has 0 saturated carbocycles. The number of nitrogens with zero attached hydrogens (tertiary/aromatic N) is 3. The SMILES string of the molecule is O=C1Cc2ccccc2C=N1.O=c1[nH]cnc2ccccc12.O=c1cnc2ccccc2[nH]1. The van der Waals surface area contributed by atoms with E-state index >= 15 is 0 Å². The Kier molecular flexibility index (Phi) is 6.56. The largest absolute Gasteiger partial charge is 0.319 e. The molecule has 5 aromatic rings. The molecule has 2 aromatic heterocycles. The normalized spacial score (nSPS) is 11.7. The maximum absolute atomic E-state index is 11.1. The van der Waals surface area contributed by atoms with E-state index in [0.717, 1.165) is 27.7 Å². The summed E-state index contributed by atoms with van der Waals surface area (Å²) < 4.78 is 0. The van der Waals surface area contributed by atoms with Crippen molar-refractivity contribution in [3.8, 4) is 0 Å². The fourth-order valence-corrected chi connectivity index (χ4v) is 3.17. The molecule has 2 N–H and O–H groups in total. The summed E-state index contributed by atoms with van der Waals surface area (Å²) in [6.45, 7) is 0. The molecule has 0 saturated heterocycles. The smallest absolute Gasteiger partial charge is 0.266 e. The number of rotatable bonds is 0. The molecule has 0 bridgehead atoms. The number of fused-ring (bicyclic) bond motifs is 3. The van der Waals surface area contributed by atoms with Gasteiger partial charge in [-0.25, -0.2) is 15.0 Å². The van der Waals surface area contributed by atoms with Crippen LogP contribution in [0.4, 0.5) is 0 Å². The lowest BCUT2D eigenvalue weighted by atomic mass is 10.0. The summed E-state index contributed by atoms with van der Waals surface area (Å²) in [6.07, 6.45) is 4.76. The van der Waals surface area contributed by atoms with Gasteiger partial charge >= 0.3 is 0 Å². The number of para-hydroxylation sites is 3. The van der Waals surface area contributed by atoms with Crippen LogP contribution in [0.25, 0.3) is 21.9 Å². The van der Waals surface area contributed by atoms with Crippen LogP contribution in [-0.4, -0.2) is 32.1 Å². The van der Waals surface area contributed by atoms with Crippen LogP contribution in [0.1, 0.15) is 11.1 Å². The highest BCUT2D eigenvalue weighted by Crippen LogP contribution is 2.11. The standard InChI is InChI=1S/C9H7NO.2C8H6N2O/c11-9-5-7-3-1-2-4-8(7)6-10-9;11-8-6-3-1-2-4-7(6)9-5-10-8;11-8-5-9-6-3-1-2-4-7(6)10-8/h1-4,6H,5H2;1-5H,(H,9,10,11);1-5H,(H,10,11). The van der Waals surface area contributed by atoms with E-state index in [9.17, 15) is 14.4 Å². The molecule has 0 aliphatic carbocycles. The summed E-state index contributed by atoms with van der Waals surface area (Å²) in [7, 11) is 0. The zero-order valence-electron chi connectivity index (χ0n) is 17.4. The first-order valence-electron chi connectivity index (χ1n) is 10.1. The van der Waals surface area contributed by atoms with Crippen LogP contribution in [0.5, 0.6) is 0 Å². The molecule has 6 rings (SSSR count). The Morgan fingerprint density at radius 3 is 2.33 bits per heavy atom. The highest BCUT2D eigenvalue weighted by Gasteiger charge is 2.09. The quantitative estimate of drug-likeness (QED) is 0.386. The molecule has 8 heteroatoms. The second kappa shape index (κ2) is 10.1. The molecule has 0 unspecified atom stereocenters. The minimum atomic E-state index is -0.163. The molecule has 0 fully saturated rings. The molecule has 162 valence electrons. The van der Waals surface area contributed by atoms with Gasteiger partial charge in [-0.2, -0.15) is 0 Å². The number of carbonyl (C=O) groups is 1. The van der Waals surface area contributed by atoms with Crippen molar-refractivity contribution in [2.75, 3.05) is 0 Å². The van der Waals surface area contributed by atoms with Crippen molar-refractivity contribution >= 4 is 34.1 Å². The molecule has 1 aliphatic rings. The molecule has 0 spiro atoms. The van der Waals surface area contributed by atoms with Crippen LogP contribution in [-0.2, 0) is 11.2 Å². The van der Waals surface area contributed by atoms with E-state index < -0.39 is 0 Å². The number of hydrogen-bond donors (Lipinski definition) is 2. The number of hydrogen-bond acceptors (Lipinski definition) is 5. The Hall–Kier alpha value is -4.72. The third kappa shape index (κ3) is 5.50.